The van der Waals surface area contributed by atoms with Crippen LogP contribution in [0.4, 0.5) is 17.6 Å². The molecule has 8 heteroatoms. The Morgan fingerprint density at radius 2 is 1.85 bits per heavy atom. The van der Waals surface area contributed by atoms with Crippen LogP contribution >= 0.6 is 43.2 Å². The van der Waals surface area contributed by atoms with Gasteiger partial charge in [-0.3, -0.25) is 4.79 Å². The third-order valence-corrected chi connectivity index (χ3v) is 5.95. The Bertz CT molecular complexity index is 679. The molecule has 0 radical (unpaired) electrons. The molecule has 0 amide bonds. The van der Waals surface area contributed by atoms with Gasteiger partial charge in [-0.2, -0.15) is 13.2 Å². The van der Waals surface area contributed by atoms with Gasteiger partial charge in [-0.15, -0.1) is 11.3 Å². The molecule has 0 aliphatic heterocycles. The number of carbonyl (C=O) groups is 1. The molecule has 0 atom stereocenters. The minimum absolute atomic E-state index is 0.214. The van der Waals surface area contributed by atoms with Gasteiger partial charge in [-0.05, 0) is 50.1 Å². The van der Waals surface area contributed by atoms with Crippen LogP contribution in [-0.4, -0.2) is 5.78 Å². The molecule has 106 valence electrons. The van der Waals surface area contributed by atoms with Crippen LogP contribution in [0.5, 0.6) is 0 Å². The second-order valence-corrected chi connectivity index (χ2v) is 6.28. The first-order valence-corrected chi connectivity index (χ1v) is 7.52. The largest absolute Gasteiger partial charge is 0.419 e. The standard InChI is InChI=1S/C12H4Br2F4OS/c13-7-4-20-11(9(7)14)10(19)5-1-2-8(15)6(3-5)12(16,17)18/h1-4H. The van der Waals surface area contributed by atoms with Crippen molar-refractivity contribution in [1.29, 1.82) is 0 Å². The second-order valence-electron chi connectivity index (χ2n) is 3.75. The van der Waals surface area contributed by atoms with Crippen LogP contribution in [-0.2, 0) is 6.18 Å². The first-order valence-electron chi connectivity index (χ1n) is 5.05. The first-order chi connectivity index (χ1) is 9.21. The molecule has 0 spiro atoms. The predicted octanol–water partition coefficient (Wildman–Crippen LogP) is 5.66. The van der Waals surface area contributed by atoms with E-state index in [0.717, 1.165) is 17.4 Å². The minimum Gasteiger partial charge on any atom is -0.288 e. The summed E-state index contributed by atoms with van der Waals surface area (Å²) >= 11 is 7.43. The van der Waals surface area contributed by atoms with Gasteiger partial charge in [0.15, 0.2) is 0 Å². The molecule has 0 aliphatic carbocycles. The smallest absolute Gasteiger partial charge is 0.288 e. The van der Waals surface area contributed by atoms with Gasteiger partial charge < -0.3 is 0 Å². The number of rotatable bonds is 2. The van der Waals surface area contributed by atoms with E-state index in [9.17, 15) is 22.4 Å². The molecule has 1 nitrogen and oxygen atoms in total. The second kappa shape index (κ2) is 5.57. The predicted molar refractivity (Wildman–Crippen MR) is 74.6 cm³/mol. The van der Waals surface area contributed by atoms with Gasteiger partial charge >= 0.3 is 6.18 Å². The Morgan fingerprint density at radius 1 is 1.20 bits per heavy atom. The zero-order valence-corrected chi connectivity index (χ0v) is 13.4. The maximum Gasteiger partial charge on any atom is 0.419 e. The first kappa shape index (κ1) is 15.7. The summed E-state index contributed by atoms with van der Waals surface area (Å²) in [5.41, 5.74) is -1.66. The summed E-state index contributed by atoms with van der Waals surface area (Å²) in [6.07, 6.45) is -4.84. The third kappa shape index (κ3) is 2.96. The molecule has 0 aliphatic rings. The van der Waals surface area contributed by atoms with E-state index in [1.54, 1.807) is 5.38 Å². The van der Waals surface area contributed by atoms with Gasteiger partial charge in [0.25, 0.3) is 0 Å². The Hall–Kier alpha value is -0.730. The topological polar surface area (TPSA) is 17.1 Å². The van der Waals surface area contributed by atoms with Gasteiger partial charge in [-0.25, -0.2) is 4.39 Å². The van der Waals surface area contributed by atoms with Crippen LogP contribution in [0, 0.1) is 5.82 Å². The monoisotopic (exact) mass is 430 g/mol. The Balaban J connectivity index is 2.49. The van der Waals surface area contributed by atoms with Crippen LogP contribution in [0.25, 0.3) is 0 Å². The SMILES string of the molecule is O=C(c1ccc(F)c(C(F)(F)F)c1)c1scc(Br)c1Br. The Kier molecular flexibility index (Phi) is 4.36. The quantitative estimate of drug-likeness (QED) is 0.442. The zero-order chi connectivity index (χ0) is 15.1. The molecule has 20 heavy (non-hydrogen) atoms. The fourth-order valence-electron chi connectivity index (χ4n) is 1.49. The minimum atomic E-state index is -4.84. The van der Waals surface area contributed by atoms with E-state index >= 15 is 0 Å². The van der Waals surface area contributed by atoms with Crippen LogP contribution in [0.1, 0.15) is 20.8 Å². The fraction of sp³-hybridized carbons (Fsp3) is 0.0833. The summed E-state index contributed by atoms with van der Waals surface area (Å²) in [5.74, 6) is -2.00. The number of carbonyl (C=O) groups excluding carboxylic acids is 1. The molecule has 0 unspecified atom stereocenters. The van der Waals surface area contributed by atoms with E-state index in [4.69, 9.17) is 0 Å². The average Bonchev–Trinajstić information content (AvgIpc) is 2.68. The van der Waals surface area contributed by atoms with Gasteiger partial charge in [0, 0.05) is 15.4 Å². The summed E-state index contributed by atoms with van der Waals surface area (Å²) in [5, 5.41) is 1.63. The maximum absolute atomic E-state index is 13.2. The van der Waals surface area contributed by atoms with Crippen LogP contribution in [0.15, 0.2) is 32.5 Å². The van der Waals surface area contributed by atoms with E-state index in [1.165, 1.54) is 0 Å². The summed E-state index contributed by atoms with van der Waals surface area (Å²) in [4.78, 5) is 12.4. The lowest BCUT2D eigenvalue weighted by atomic mass is 10.1. The van der Waals surface area contributed by atoms with E-state index in [0.29, 0.717) is 21.1 Å². The van der Waals surface area contributed by atoms with Crippen LogP contribution in [0.3, 0.4) is 0 Å². The van der Waals surface area contributed by atoms with Crippen molar-refractivity contribution in [2.24, 2.45) is 0 Å². The van der Waals surface area contributed by atoms with Crippen LogP contribution < -0.4 is 0 Å². The number of ketones is 1. The lowest BCUT2D eigenvalue weighted by Crippen LogP contribution is -2.10. The fourth-order valence-corrected chi connectivity index (χ4v) is 3.60. The Morgan fingerprint density at radius 3 is 2.35 bits per heavy atom. The lowest BCUT2D eigenvalue weighted by molar-refractivity contribution is -0.140. The van der Waals surface area contributed by atoms with Crippen molar-refractivity contribution < 1.29 is 22.4 Å². The summed E-state index contributed by atoms with van der Waals surface area (Å²) in [7, 11) is 0. The molecule has 1 aromatic heterocycles. The van der Waals surface area contributed by atoms with Gasteiger partial charge in [0.1, 0.15) is 5.82 Å². The highest BCUT2D eigenvalue weighted by Gasteiger charge is 2.35. The number of alkyl halides is 3. The van der Waals surface area contributed by atoms with Crippen molar-refractivity contribution in [2.45, 2.75) is 6.18 Å². The molecular weight excluding hydrogens is 428 g/mol. The van der Waals surface area contributed by atoms with Crippen molar-refractivity contribution in [3.8, 4) is 0 Å². The van der Waals surface area contributed by atoms with Crippen LogP contribution in [0.2, 0.25) is 0 Å². The van der Waals surface area contributed by atoms with Crippen molar-refractivity contribution >= 4 is 49.0 Å². The summed E-state index contributed by atoms with van der Waals surface area (Å²) in [6, 6.07) is 2.21. The molecule has 0 bridgehead atoms. The number of thiophene rings is 1. The van der Waals surface area contributed by atoms with Gasteiger partial charge in [-0.1, -0.05) is 0 Å². The number of benzene rings is 1. The molecule has 1 heterocycles. The number of hydrogen-bond acceptors (Lipinski definition) is 2. The third-order valence-electron chi connectivity index (χ3n) is 2.43. The molecule has 0 fully saturated rings. The Labute approximate surface area is 131 Å². The molecule has 0 N–H and O–H groups in total. The number of hydrogen-bond donors (Lipinski definition) is 0. The number of halogens is 6. The molecule has 0 saturated carbocycles. The van der Waals surface area contributed by atoms with Gasteiger partial charge in [0.2, 0.25) is 5.78 Å². The normalized spacial score (nSPS) is 11.7. The van der Waals surface area contributed by atoms with E-state index in [2.05, 4.69) is 31.9 Å². The molecule has 1 aromatic carbocycles. The molecule has 2 aromatic rings. The highest BCUT2D eigenvalue weighted by atomic mass is 79.9. The van der Waals surface area contributed by atoms with E-state index in [-0.39, 0.29) is 10.4 Å². The highest BCUT2D eigenvalue weighted by Crippen LogP contribution is 2.36. The van der Waals surface area contributed by atoms with E-state index < -0.39 is 23.3 Å². The molecular formula is C12H4Br2F4OS. The van der Waals surface area contributed by atoms with Gasteiger partial charge in [0.05, 0.1) is 14.9 Å². The summed E-state index contributed by atoms with van der Waals surface area (Å²) < 4.78 is 52.1. The van der Waals surface area contributed by atoms with Crippen molar-refractivity contribution in [3.63, 3.8) is 0 Å². The molecule has 0 saturated heterocycles. The highest BCUT2D eigenvalue weighted by molar-refractivity contribution is 9.13. The zero-order valence-electron chi connectivity index (χ0n) is 9.39. The van der Waals surface area contributed by atoms with E-state index in [1.807, 2.05) is 0 Å². The van der Waals surface area contributed by atoms with Crippen molar-refractivity contribution in [3.05, 3.63) is 54.3 Å². The maximum atomic E-state index is 13.2. The summed E-state index contributed by atoms with van der Waals surface area (Å²) in [6.45, 7) is 0. The van der Waals surface area contributed by atoms with Crippen molar-refractivity contribution in [2.75, 3.05) is 0 Å². The lowest BCUT2D eigenvalue weighted by Gasteiger charge is -2.09. The average molecular weight is 432 g/mol. The molecule has 2 rings (SSSR count). The van der Waals surface area contributed by atoms with Crippen molar-refractivity contribution in [1.82, 2.24) is 0 Å².